The fourth-order valence-electron chi connectivity index (χ4n) is 7.15. The Labute approximate surface area is 162 Å². The summed E-state index contributed by atoms with van der Waals surface area (Å²) in [6.45, 7) is 1.94. The third-order valence-electron chi connectivity index (χ3n) is 8.13. The van der Waals surface area contributed by atoms with E-state index in [9.17, 15) is 4.79 Å². The van der Waals surface area contributed by atoms with Gasteiger partial charge in [0, 0.05) is 29.9 Å². The maximum atomic E-state index is 13.3. The summed E-state index contributed by atoms with van der Waals surface area (Å²) in [6.07, 6.45) is 11.2. The van der Waals surface area contributed by atoms with Gasteiger partial charge in [-0.25, -0.2) is 0 Å². The molecule has 1 aromatic rings. The SMILES string of the molecule is O=C(CC1(c2ccc(Cl)cc2)C2CC3CC(C2)CC1C3)N1CCCCC1. The van der Waals surface area contributed by atoms with Crippen LogP contribution in [-0.2, 0) is 10.2 Å². The third kappa shape index (κ3) is 2.71. The maximum Gasteiger partial charge on any atom is 0.223 e. The minimum absolute atomic E-state index is 0.0620. The summed E-state index contributed by atoms with van der Waals surface area (Å²) >= 11 is 6.20. The van der Waals surface area contributed by atoms with E-state index < -0.39 is 0 Å². The van der Waals surface area contributed by atoms with Crippen LogP contribution in [0.15, 0.2) is 24.3 Å². The highest BCUT2D eigenvalue weighted by atomic mass is 35.5. The van der Waals surface area contributed by atoms with Gasteiger partial charge in [-0.2, -0.15) is 0 Å². The van der Waals surface area contributed by atoms with Gasteiger partial charge in [-0.05, 0) is 92.7 Å². The lowest BCUT2D eigenvalue weighted by Gasteiger charge is -2.61. The van der Waals surface area contributed by atoms with Crippen LogP contribution in [0.3, 0.4) is 0 Å². The topological polar surface area (TPSA) is 20.3 Å². The van der Waals surface area contributed by atoms with E-state index in [0.717, 1.165) is 36.4 Å². The van der Waals surface area contributed by atoms with Crippen LogP contribution in [-0.4, -0.2) is 23.9 Å². The first-order valence-corrected chi connectivity index (χ1v) is 11.1. The van der Waals surface area contributed by atoms with Gasteiger partial charge >= 0.3 is 0 Å². The summed E-state index contributed by atoms with van der Waals surface area (Å²) in [4.78, 5) is 15.5. The second-order valence-electron chi connectivity index (χ2n) is 9.47. The Morgan fingerprint density at radius 1 is 0.923 bits per heavy atom. The highest BCUT2D eigenvalue weighted by Crippen LogP contribution is 2.64. The van der Waals surface area contributed by atoms with Crippen molar-refractivity contribution in [2.45, 2.75) is 63.2 Å². The van der Waals surface area contributed by atoms with Crippen LogP contribution >= 0.6 is 11.6 Å². The van der Waals surface area contributed by atoms with Crippen molar-refractivity contribution in [3.8, 4) is 0 Å². The Hall–Kier alpha value is -1.02. The highest BCUT2D eigenvalue weighted by molar-refractivity contribution is 6.30. The Balaban J connectivity index is 1.51. The first-order valence-electron chi connectivity index (χ1n) is 10.7. The molecule has 1 aromatic carbocycles. The smallest absolute Gasteiger partial charge is 0.223 e. The largest absolute Gasteiger partial charge is 0.343 e. The van der Waals surface area contributed by atoms with Crippen LogP contribution < -0.4 is 0 Å². The van der Waals surface area contributed by atoms with E-state index in [1.807, 2.05) is 12.1 Å². The summed E-state index contributed by atoms with van der Waals surface area (Å²) < 4.78 is 0. The number of piperidine rings is 1. The number of hydrogen-bond acceptors (Lipinski definition) is 1. The van der Waals surface area contributed by atoms with Gasteiger partial charge in [0.05, 0.1) is 0 Å². The molecule has 140 valence electrons. The number of nitrogens with zero attached hydrogens (tertiary/aromatic N) is 1. The van der Waals surface area contributed by atoms with Crippen molar-refractivity contribution in [3.05, 3.63) is 34.9 Å². The van der Waals surface area contributed by atoms with Crippen molar-refractivity contribution in [3.63, 3.8) is 0 Å². The molecule has 4 bridgehead atoms. The predicted molar refractivity (Wildman–Crippen MR) is 105 cm³/mol. The normalized spacial score (nSPS) is 38.6. The van der Waals surface area contributed by atoms with Gasteiger partial charge in [-0.3, -0.25) is 4.79 Å². The molecule has 0 unspecified atom stereocenters. The summed E-state index contributed by atoms with van der Waals surface area (Å²) in [5, 5.41) is 0.801. The minimum Gasteiger partial charge on any atom is -0.343 e. The van der Waals surface area contributed by atoms with Crippen LogP contribution in [0, 0.1) is 23.7 Å². The van der Waals surface area contributed by atoms with Crippen LogP contribution in [0.2, 0.25) is 5.02 Å². The Morgan fingerprint density at radius 3 is 2.08 bits per heavy atom. The van der Waals surface area contributed by atoms with Gasteiger partial charge in [0.25, 0.3) is 0 Å². The lowest BCUT2D eigenvalue weighted by atomic mass is 9.43. The van der Waals surface area contributed by atoms with E-state index in [2.05, 4.69) is 17.0 Å². The molecule has 26 heavy (non-hydrogen) atoms. The van der Waals surface area contributed by atoms with Gasteiger partial charge in [0.15, 0.2) is 0 Å². The van der Waals surface area contributed by atoms with Crippen LogP contribution in [0.25, 0.3) is 0 Å². The van der Waals surface area contributed by atoms with Crippen molar-refractivity contribution < 1.29 is 4.79 Å². The molecule has 1 heterocycles. The van der Waals surface area contributed by atoms with E-state index >= 15 is 0 Å². The van der Waals surface area contributed by atoms with Gasteiger partial charge in [0.2, 0.25) is 5.91 Å². The molecule has 5 aliphatic rings. The molecule has 4 saturated carbocycles. The fourth-order valence-corrected chi connectivity index (χ4v) is 7.28. The van der Waals surface area contributed by atoms with Gasteiger partial charge < -0.3 is 4.90 Å². The second kappa shape index (κ2) is 6.55. The Kier molecular flexibility index (Phi) is 4.31. The lowest BCUT2D eigenvalue weighted by molar-refractivity contribution is -0.139. The zero-order chi connectivity index (χ0) is 17.7. The number of carbonyl (C=O) groups excluding carboxylic acids is 1. The first kappa shape index (κ1) is 17.1. The Bertz CT molecular complexity index is 648. The van der Waals surface area contributed by atoms with E-state index in [0.29, 0.717) is 17.7 Å². The van der Waals surface area contributed by atoms with Crippen molar-refractivity contribution in [1.29, 1.82) is 0 Å². The van der Waals surface area contributed by atoms with Gasteiger partial charge in [-0.15, -0.1) is 0 Å². The van der Waals surface area contributed by atoms with Crippen molar-refractivity contribution in [1.82, 2.24) is 4.90 Å². The molecular weight excluding hydrogens is 342 g/mol. The summed E-state index contributed by atoms with van der Waals surface area (Å²) in [7, 11) is 0. The number of benzene rings is 1. The maximum absolute atomic E-state index is 13.3. The zero-order valence-electron chi connectivity index (χ0n) is 15.6. The van der Waals surface area contributed by atoms with Gasteiger partial charge in [0.1, 0.15) is 0 Å². The summed E-state index contributed by atoms with van der Waals surface area (Å²) in [6, 6.07) is 8.53. The summed E-state index contributed by atoms with van der Waals surface area (Å²) in [5.74, 6) is 3.63. The molecule has 1 aliphatic heterocycles. The number of hydrogen-bond donors (Lipinski definition) is 0. The fraction of sp³-hybridized carbons (Fsp3) is 0.696. The average molecular weight is 372 g/mol. The highest BCUT2D eigenvalue weighted by Gasteiger charge is 2.58. The molecule has 5 fully saturated rings. The molecule has 1 saturated heterocycles. The number of halogens is 1. The molecule has 3 heteroatoms. The quantitative estimate of drug-likeness (QED) is 0.693. The molecule has 0 radical (unpaired) electrons. The number of carbonyl (C=O) groups is 1. The molecular formula is C23H30ClNO. The van der Waals surface area contributed by atoms with Crippen molar-refractivity contribution >= 4 is 17.5 Å². The summed E-state index contributed by atoms with van der Waals surface area (Å²) in [5.41, 5.74) is 1.45. The molecule has 1 amide bonds. The predicted octanol–water partition coefficient (Wildman–Crippen LogP) is 5.44. The van der Waals surface area contributed by atoms with Gasteiger partial charge in [-0.1, -0.05) is 23.7 Å². The molecule has 4 aliphatic carbocycles. The molecule has 2 nitrogen and oxygen atoms in total. The zero-order valence-corrected chi connectivity index (χ0v) is 16.4. The molecule has 0 N–H and O–H groups in total. The van der Waals surface area contributed by atoms with E-state index in [1.54, 1.807) is 0 Å². The second-order valence-corrected chi connectivity index (χ2v) is 9.91. The first-order chi connectivity index (χ1) is 12.6. The van der Waals surface area contributed by atoms with E-state index in [1.165, 1.54) is 56.9 Å². The van der Waals surface area contributed by atoms with Crippen LogP contribution in [0.1, 0.15) is 63.4 Å². The molecule has 0 spiro atoms. The molecule has 0 atom stereocenters. The monoisotopic (exact) mass is 371 g/mol. The van der Waals surface area contributed by atoms with E-state index in [-0.39, 0.29) is 5.41 Å². The third-order valence-corrected chi connectivity index (χ3v) is 8.38. The molecule has 6 rings (SSSR count). The van der Waals surface area contributed by atoms with Crippen molar-refractivity contribution in [2.24, 2.45) is 23.7 Å². The lowest BCUT2D eigenvalue weighted by Crippen LogP contribution is -2.57. The van der Waals surface area contributed by atoms with E-state index in [4.69, 9.17) is 11.6 Å². The van der Waals surface area contributed by atoms with Crippen molar-refractivity contribution in [2.75, 3.05) is 13.1 Å². The standard InChI is InChI=1S/C23H30ClNO/c24-21-6-4-18(5-7-21)23(15-22(26)25-8-2-1-3-9-25)19-11-16-10-17(13-19)14-20(23)12-16/h4-7,16-17,19-20H,1-3,8-15H2. The van der Waals surface area contributed by atoms with Crippen LogP contribution in [0.5, 0.6) is 0 Å². The Morgan fingerprint density at radius 2 is 1.50 bits per heavy atom. The number of amides is 1. The number of likely N-dealkylation sites (tertiary alicyclic amines) is 1. The van der Waals surface area contributed by atoms with Crippen LogP contribution in [0.4, 0.5) is 0 Å². The number of rotatable bonds is 3. The minimum atomic E-state index is 0.0620. The average Bonchev–Trinajstić information content (AvgIpc) is 2.65. The molecule has 0 aromatic heterocycles.